The number of pyridine rings is 1. The number of benzene rings is 2. The lowest BCUT2D eigenvalue weighted by molar-refractivity contribution is -0.141. The summed E-state index contributed by atoms with van der Waals surface area (Å²) in [7, 11) is 1.32. The smallest absolute Gasteiger partial charge is 0.433 e. The minimum Gasteiger partial charge on any atom is -0.493 e. The lowest BCUT2D eigenvalue weighted by Crippen LogP contribution is -2.18. The van der Waals surface area contributed by atoms with E-state index >= 15 is 0 Å². The van der Waals surface area contributed by atoms with E-state index in [1.54, 1.807) is 18.2 Å². The van der Waals surface area contributed by atoms with Gasteiger partial charge in [0.05, 0.1) is 18.7 Å². The third-order valence-corrected chi connectivity index (χ3v) is 4.48. The molecule has 0 unspecified atom stereocenters. The number of ether oxygens (including phenoxy) is 2. The summed E-state index contributed by atoms with van der Waals surface area (Å²) in [5.41, 5.74) is 0.288. The predicted molar refractivity (Wildman–Crippen MR) is 111 cm³/mol. The molecule has 2 aromatic carbocycles. The van der Waals surface area contributed by atoms with Gasteiger partial charge in [0.2, 0.25) is 5.88 Å². The van der Waals surface area contributed by atoms with Crippen LogP contribution in [0.15, 0.2) is 48.5 Å². The normalized spacial score (nSPS) is 10.9. The van der Waals surface area contributed by atoms with Crippen molar-refractivity contribution >= 4 is 11.6 Å². The standard InChI is InChI=1S/C23H18F3N3O3/c1-13-5-4-6-16(9-13)28-21(30)20-14(2)10-19(23(24,25)26)29-22(20)32-17-8-7-15(12-27)11-18(17)31-3/h4-11H,1-3H3,(H,28,30). The highest BCUT2D eigenvalue weighted by Gasteiger charge is 2.35. The van der Waals surface area contributed by atoms with Gasteiger partial charge in [0, 0.05) is 11.8 Å². The van der Waals surface area contributed by atoms with Gasteiger partial charge in [-0.05, 0) is 55.3 Å². The maximum absolute atomic E-state index is 13.4. The SMILES string of the molecule is COc1cc(C#N)ccc1Oc1nc(C(F)(F)F)cc(C)c1C(=O)Nc1cccc(C)c1. The van der Waals surface area contributed by atoms with E-state index in [1.165, 1.54) is 32.2 Å². The number of methoxy groups -OCH3 is 1. The van der Waals surface area contributed by atoms with Crippen LogP contribution in [0.1, 0.15) is 32.7 Å². The van der Waals surface area contributed by atoms with E-state index in [2.05, 4.69) is 10.3 Å². The van der Waals surface area contributed by atoms with E-state index in [-0.39, 0.29) is 28.2 Å². The summed E-state index contributed by atoms with van der Waals surface area (Å²) in [4.78, 5) is 16.6. The molecule has 0 radical (unpaired) electrons. The van der Waals surface area contributed by atoms with Gasteiger partial charge in [0.15, 0.2) is 11.5 Å². The molecule has 6 nitrogen and oxygen atoms in total. The highest BCUT2D eigenvalue weighted by molar-refractivity contribution is 6.07. The molecule has 0 aliphatic heterocycles. The Labute approximate surface area is 182 Å². The van der Waals surface area contributed by atoms with Crippen LogP contribution >= 0.6 is 0 Å². The third-order valence-electron chi connectivity index (χ3n) is 4.48. The number of nitrogens with one attached hydrogen (secondary N) is 1. The Bertz CT molecular complexity index is 1220. The van der Waals surface area contributed by atoms with E-state index in [4.69, 9.17) is 14.7 Å². The molecule has 0 atom stereocenters. The van der Waals surface area contributed by atoms with Crippen LogP contribution in [0.3, 0.4) is 0 Å². The van der Waals surface area contributed by atoms with Crippen molar-refractivity contribution in [3.8, 4) is 23.4 Å². The van der Waals surface area contributed by atoms with Gasteiger partial charge in [-0.1, -0.05) is 12.1 Å². The Balaban J connectivity index is 2.09. The summed E-state index contributed by atoms with van der Waals surface area (Å²) in [5.74, 6) is -1.12. The van der Waals surface area contributed by atoms with E-state index in [0.717, 1.165) is 11.6 Å². The molecule has 0 aliphatic rings. The number of hydrogen-bond acceptors (Lipinski definition) is 5. The van der Waals surface area contributed by atoms with Crippen molar-refractivity contribution in [1.82, 2.24) is 4.98 Å². The van der Waals surface area contributed by atoms with Gasteiger partial charge in [-0.2, -0.15) is 18.4 Å². The molecule has 0 fully saturated rings. The largest absolute Gasteiger partial charge is 0.493 e. The second-order valence-electron chi connectivity index (χ2n) is 6.91. The highest BCUT2D eigenvalue weighted by Crippen LogP contribution is 2.37. The zero-order valence-electron chi connectivity index (χ0n) is 17.4. The first kappa shape index (κ1) is 22.6. The van der Waals surface area contributed by atoms with Crippen molar-refractivity contribution in [3.05, 3.63) is 76.5 Å². The monoisotopic (exact) mass is 441 g/mol. The molecule has 3 rings (SSSR count). The second-order valence-corrected chi connectivity index (χ2v) is 6.91. The van der Waals surface area contributed by atoms with Gasteiger partial charge in [-0.25, -0.2) is 4.98 Å². The molecule has 0 spiro atoms. The lowest BCUT2D eigenvalue weighted by atomic mass is 10.1. The predicted octanol–water partition coefficient (Wildman–Crippen LogP) is 5.64. The average Bonchev–Trinajstić information content (AvgIpc) is 2.73. The maximum atomic E-state index is 13.4. The Morgan fingerprint density at radius 2 is 1.84 bits per heavy atom. The zero-order chi connectivity index (χ0) is 23.5. The van der Waals surface area contributed by atoms with Crippen molar-refractivity contribution in [2.45, 2.75) is 20.0 Å². The Kier molecular flexibility index (Phi) is 6.35. The van der Waals surface area contributed by atoms with Gasteiger partial charge < -0.3 is 14.8 Å². The van der Waals surface area contributed by atoms with Crippen LogP contribution in [-0.2, 0) is 6.18 Å². The van der Waals surface area contributed by atoms with Crippen molar-refractivity contribution in [1.29, 1.82) is 5.26 Å². The number of carbonyl (C=O) groups excluding carboxylic acids is 1. The van der Waals surface area contributed by atoms with Gasteiger partial charge in [0.25, 0.3) is 5.91 Å². The van der Waals surface area contributed by atoms with Crippen molar-refractivity contribution in [2.75, 3.05) is 12.4 Å². The molecule has 9 heteroatoms. The molecule has 1 amide bonds. The summed E-state index contributed by atoms with van der Waals surface area (Å²) in [5, 5.41) is 11.7. The number of rotatable bonds is 5. The van der Waals surface area contributed by atoms with Crippen LogP contribution in [0.5, 0.6) is 17.4 Å². The van der Waals surface area contributed by atoms with Crippen molar-refractivity contribution < 1.29 is 27.4 Å². The Morgan fingerprint density at radius 1 is 1.09 bits per heavy atom. The van der Waals surface area contributed by atoms with Crippen molar-refractivity contribution in [2.24, 2.45) is 0 Å². The topological polar surface area (TPSA) is 84.2 Å². The van der Waals surface area contributed by atoms with Crippen LogP contribution in [0, 0.1) is 25.2 Å². The lowest BCUT2D eigenvalue weighted by Gasteiger charge is -2.17. The summed E-state index contributed by atoms with van der Waals surface area (Å²) >= 11 is 0. The summed E-state index contributed by atoms with van der Waals surface area (Å²) in [6.07, 6.45) is -4.75. The maximum Gasteiger partial charge on any atom is 0.433 e. The number of aromatic nitrogens is 1. The second kappa shape index (κ2) is 8.98. The first-order chi connectivity index (χ1) is 15.1. The number of alkyl halides is 3. The van der Waals surface area contributed by atoms with Crippen LogP contribution in [-0.4, -0.2) is 18.0 Å². The molecule has 164 valence electrons. The number of aryl methyl sites for hydroxylation is 2. The molecule has 1 N–H and O–H groups in total. The third kappa shape index (κ3) is 4.98. The minimum atomic E-state index is -4.75. The number of halogens is 3. The number of anilines is 1. The van der Waals surface area contributed by atoms with Crippen LogP contribution in [0.2, 0.25) is 0 Å². The molecule has 0 aliphatic carbocycles. The highest BCUT2D eigenvalue weighted by atomic mass is 19.4. The number of carbonyl (C=O) groups is 1. The van der Waals surface area contributed by atoms with Crippen LogP contribution in [0.25, 0.3) is 0 Å². The fourth-order valence-electron chi connectivity index (χ4n) is 2.98. The molecule has 0 bridgehead atoms. The molecular formula is C23H18F3N3O3. The Hall–Kier alpha value is -4.06. The van der Waals surface area contributed by atoms with E-state index in [1.807, 2.05) is 19.1 Å². The van der Waals surface area contributed by atoms with E-state index in [0.29, 0.717) is 5.69 Å². The first-order valence-electron chi connectivity index (χ1n) is 9.35. The number of nitrogens with zero attached hydrogens (tertiary/aromatic N) is 2. The number of hydrogen-bond donors (Lipinski definition) is 1. The van der Waals surface area contributed by atoms with Gasteiger partial charge in [0.1, 0.15) is 11.3 Å². The van der Waals surface area contributed by atoms with Gasteiger partial charge in [-0.15, -0.1) is 0 Å². The van der Waals surface area contributed by atoms with E-state index in [9.17, 15) is 18.0 Å². The molecular weight excluding hydrogens is 423 g/mol. The van der Waals surface area contributed by atoms with Gasteiger partial charge >= 0.3 is 6.18 Å². The fraction of sp³-hybridized carbons (Fsp3) is 0.174. The molecule has 1 heterocycles. The summed E-state index contributed by atoms with van der Waals surface area (Å²) in [6, 6.07) is 13.8. The number of amides is 1. The molecule has 3 aromatic rings. The van der Waals surface area contributed by atoms with Crippen LogP contribution < -0.4 is 14.8 Å². The molecule has 0 saturated carbocycles. The Morgan fingerprint density at radius 3 is 2.47 bits per heavy atom. The quantitative estimate of drug-likeness (QED) is 0.554. The molecule has 0 saturated heterocycles. The minimum absolute atomic E-state index is 0.00216. The van der Waals surface area contributed by atoms with Crippen molar-refractivity contribution in [3.63, 3.8) is 0 Å². The molecule has 32 heavy (non-hydrogen) atoms. The number of nitriles is 1. The van der Waals surface area contributed by atoms with Gasteiger partial charge in [-0.3, -0.25) is 4.79 Å². The first-order valence-corrected chi connectivity index (χ1v) is 9.35. The van der Waals surface area contributed by atoms with Crippen LogP contribution in [0.4, 0.5) is 18.9 Å². The zero-order valence-corrected chi connectivity index (χ0v) is 17.4. The summed E-state index contributed by atoms with van der Waals surface area (Å²) in [6.45, 7) is 3.21. The summed E-state index contributed by atoms with van der Waals surface area (Å²) < 4.78 is 50.9. The average molecular weight is 441 g/mol. The molecule has 1 aromatic heterocycles. The van der Waals surface area contributed by atoms with E-state index < -0.39 is 23.7 Å². The fourth-order valence-corrected chi connectivity index (χ4v) is 2.98.